The molecular weight excluding hydrogens is 280 g/mol. The molecule has 3 rings (SSSR count). The Labute approximate surface area is 129 Å². The van der Waals surface area contributed by atoms with Crippen LogP contribution >= 0.6 is 0 Å². The third-order valence-electron chi connectivity index (χ3n) is 3.82. The van der Waals surface area contributed by atoms with Gasteiger partial charge in [-0.05, 0) is 30.7 Å². The van der Waals surface area contributed by atoms with Gasteiger partial charge in [0.15, 0.2) is 5.76 Å². The standard InChI is InChI=1S/C17H18N2O3/c20-16(14-6-2-1-3-7-14)18-9-5-10-19(12-11-18)17(21)15-8-4-13-22-15/h1-4,6-8,13H,5,9-12H2. The van der Waals surface area contributed by atoms with Crippen molar-refractivity contribution < 1.29 is 14.0 Å². The third kappa shape index (κ3) is 3.03. The number of carbonyl (C=O) groups is 2. The highest BCUT2D eigenvalue weighted by atomic mass is 16.3. The number of hydrogen-bond donors (Lipinski definition) is 0. The van der Waals surface area contributed by atoms with E-state index in [4.69, 9.17) is 4.42 Å². The molecule has 5 heteroatoms. The molecule has 1 aromatic carbocycles. The fourth-order valence-corrected chi connectivity index (χ4v) is 2.64. The van der Waals surface area contributed by atoms with E-state index in [1.165, 1.54) is 6.26 Å². The van der Waals surface area contributed by atoms with Crippen LogP contribution in [0.2, 0.25) is 0 Å². The molecule has 22 heavy (non-hydrogen) atoms. The Morgan fingerprint density at radius 2 is 1.50 bits per heavy atom. The first-order valence-electron chi connectivity index (χ1n) is 7.43. The molecule has 0 radical (unpaired) electrons. The van der Waals surface area contributed by atoms with Crippen LogP contribution in [0, 0.1) is 0 Å². The average molecular weight is 298 g/mol. The lowest BCUT2D eigenvalue weighted by Gasteiger charge is -2.21. The molecule has 0 spiro atoms. The van der Waals surface area contributed by atoms with Crippen LogP contribution in [-0.2, 0) is 0 Å². The van der Waals surface area contributed by atoms with Gasteiger partial charge in [0.25, 0.3) is 11.8 Å². The van der Waals surface area contributed by atoms with Gasteiger partial charge in [-0.2, -0.15) is 0 Å². The minimum Gasteiger partial charge on any atom is -0.459 e. The maximum atomic E-state index is 12.5. The monoisotopic (exact) mass is 298 g/mol. The van der Waals surface area contributed by atoms with E-state index in [0.717, 1.165) is 6.42 Å². The van der Waals surface area contributed by atoms with Gasteiger partial charge in [0, 0.05) is 31.7 Å². The van der Waals surface area contributed by atoms with Gasteiger partial charge in [-0.15, -0.1) is 0 Å². The van der Waals surface area contributed by atoms with Crippen molar-refractivity contribution in [2.75, 3.05) is 26.2 Å². The highest BCUT2D eigenvalue weighted by Gasteiger charge is 2.24. The molecule has 1 saturated heterocycles. The number of furan rings is 1. The van der Waals surface area contributed by atoms with E-state index in [9.17, 15) is 9.59 Å². The summed E-state index contributed by atoms with van der Waals surface area (Å²) in [5.74, 6) is 0.259. The summed E-state index contributed by atoms with van der Waals surface area (Å²) in [7, 11) is 0. The van der Waals surface area contributed by atoms with Gasteiger partial charge < -0.3 is 14.2 Å². The molecule has 2 aromatic rings. The molecule has 5 nitrogen and oxygen atoms in total. The van der Waals surface area contributed by atoms with Crippen LogP contribution in [0.25, 0.3) is 0 Å². The largest absolute Gasteiger partial charge is 0.459 e. The van der Waals surface area contributed by atoms with Gasteiger partial charge in [-0.25, -0.2) is 0 Å². The molecule has 0 saturated carbocycles. The second kappa shape index (κ2) is 6.47. The first-order valence-corrected chi connectivity index (χ1v) is 7.43. The van der Waals surface area contributed by atoms with Gasteiger partial charge >= 0.3 is 0 Å². The second-order valence-corrected chi connectivity index (χ2v) is 5.28. The predicted molar refractivity (Wildman–Crippen MR) is 81.6 cm³/mol. The molecule has 2 amide bonds. The van der Waals surface area contributed by atoms with Crippen molar-refractivity contribution in [3.05, 3.63) is 60.1 Å². The summed E-state index contributed by atoms with van der Waals surface area (Å²) in [6.45, 7) is 2.37. The predicted octanol–water partition coefficient (Wildman–Crippen LogP) is 2.27. The molecule has 0 bridgehead atoms. The molecule has 2 heterocycles. The van der Waals surface area contributed by atoms with Gasteiger partial charge in [-0.3, -0.25) is 9.59 Å². The minimum atomic E-state index is -0.112. The topological polar surface area (TPSA) is 53.8 Å². The Hall–Kier alpha value is -2.56. The van der Waals surface area contributed by atoms with Crippen LogP contribution < -0.4 is 0 Å². The van der Waals surface area contributed by atoms with E-state index in [1.807, 2.05) is 35.2 Å². The van der Waals surface area contributed by atoms with E-state index in [-0.39, 0.29) is 11.8 Å². The normalized spacial score (nSPS) is 15.5. The summed E-state index contributed by atoms with van der Waals surface area (Å²) in [6, 6.07) is 12.6. The van der Waals surface area contributed by atoms with E-state index in [2.05, 4.69) is 0 Å². The Kier molecular flexibility index (Phi) is 4.23. The summed E-state index contributed by atoms with van der Waals surface area (Å²) < 4.78 is 5.16. The number of rotatable bonds is 2. The second-order valence-electron chi connectivity index (χ2n) is 5.28. The van der Waals surface area contributed by atoms with E-state index in [0.29, 0.717) is 37.5 Å². The number of hydrogen-bond acceptors (Lipinski definition) is 3. The van der Waals surface area contributed by atoms with Crippen LogP contribution in [-0.4, -0.2) is 47.8 Å². The quantitative estimate of drug-likeness (QED) is 0.854. The Morgan fingerprint density at radius 1 is 0.818 bits per heavy atom. The van der Waals surface area contributed by atoms with E-state index < -0.39 is 0 Å². The van der Waals surface area contributed by atoms with Crippen molar-refractivity contribution in [3.8, 4) is 0 Å². The maximum absolute atomic E-state index is 12.5. The van der Waals surface area contributed by atoms with Crippen molar-refractivity contribution >= 4 is 11.8 Å². The molecule has 1 aromatic heterocycles. The molecule has 1 fully saturated rings. The van der Waals surface area contributed by atoms with Crippen LogP contribution in [0.1, 0.15) is 27.3 Å². The van der Waals surface area contributed by atoms with Crippen LogP contribution in [0.4, 0.5) is 0 Å². The Balaban J connectivity index is 1.65. The number of nitrogens with zero attached hydrogens (tertiary/aromatic N) is 2. The molecule has 1 aliphatic rings. The molecular formula is C17H18N2O3. The van der Waals surface area contributed by atoms with Crippen molar-refractivity contribution in [1.29, 1.82) is 0 Å². The summed E-state index contributed by atoms with van der Waals surface area (Å²) in [6.07, 6.45) is 2.27. The molecule has 0 atom stereocenters. The molecule has 1 aliphatic heterocycles. The maximum Gasteiger partial charge on any atom is 0.289 e. The van der Waals surface area contributed by atoms with Crippen molar-refractivity contribution in [2.45, 2.75) is 6.42 Å². The zero-order chi connectivity index (χ0) is 15.4. The van der Waals surface area contributed by atoms with Crippen LogP contribution in [0.3, 0.4) is 0 Å². The number of carbonyl (C=O) groups excluding carboxylic acids is 2. The number of amides is 2. The summed E-state index contributed by atoms with van der Waals surface area (Å²) in [4.78, 5) is 28.3. The van der Waals surface area contributed by atoms with Crippen molar-refractivity contribution in [3.63, 3.8) is 0 Å². The average Bonchev–Trinajstić information content (AvgIpc) is 2.99. The summed E-state index contributed by atoms with van der Waals surface area (Å²) in [5, 5.41) is 0. The SMILES string of the molecule is O=C(c1ccccc1)N1CCCN(C(=O)c2ccco2)CC1. The van der Waals surface area contributed by atoms with Crippen molar-refractivity contribution in [1.82, 2.24) is 9.80 Å². The first kappa shape index (κ1) is 14.4. The fraction of sp³-hybridized carbons (Fsp3) is 0.294. The lowest BCUT2D eigenvalue weighted by molar-refractivity contribution is 0.0700. The van der Waals surface area contributed by atoms with Crippen LogP contribution in [0.5, 0.6) is 0 Å². The van der Waals surface area contributed by atoms with Crippen LogP contribution in [0.15, 0.2) is 53.1 Å². The Bertz CT molecular complexity index is 637. The van der Waals surface area contributed by atoms with E-state index in [1.54, 1.807) is 17.0 Å². The fourth-order valence-electron chi connectivity index (χ4n) is 2.64. The summed E-state index contributed by atoms with van der Waals surface area (Å²) in [5.41, 5.74) is 0.688. The lowest BCUT2D eigenvalue weighted by Crippen LogP contribution is -2.37. The highest BCUT2D eigenvalue weighted by molar-refractivity contribution is 5.94. The van der Waals surface area contributed by atoms with Gasteiger partial charge in [-0.1, -0.05) is 18.2 Å². The molecule has 0 unspecified atom stereocenters. The van der Waals surface area contributed by atoms with E-state index >= 15 is 0 Å². The lowest BCUT2D eigenvalue weighted by atomic mass is 10.2. The Morgan fingerprint density at radius 3 is 2.14 bits per heavy atom. The zero-order valence-electron chi connectivity index (χ0n) is 12.3. The molecule has 114 valence electrons. The molecule has 0 aliphatic carbocycles. The van der Waals surface area contributed by atoms with Crippen molar-refractivity contribution in [2.24, 2.45) is 0 Å². The van der Waals surface area contributed by atoms with Gasteiger partial charge in [0.1, 0.15) is 0 Å². The highest BCUT2D eigenvalue weighted by Crippen LogP contribution is 2.12. The third-order valence-corrected chi connectivity index (χ3v) is 3.82. The van der Waals surface area contributed by atoms with Gasteiger partial charge in [0.2, 0.25) is 0 Å². The summed E-state index contributed by atoms with van der Waals surface area (Å²) >= 11 is 0. The minimum absolute atomic E-state index is 0.0212. The van der Waals surface area contributed by atoms with Gasteiger partial charge in [0.05, 0.1) is 6.26 Å². The molecule has 0 N–H and O–H groups in total. The number of benzene rings is 1. The smallest absolute Gasteiger partial charge is 0.289 e. The first-order chi connectivity index (χ1) is 10.8. The zero-order valence-corrected chi connectivity index (χ0v) is 12.3.